The van der Waals surface area contributed by atoms with Crippen LogP contribution in [0.15, 0.2) is 54.1 Å². The lowest BCUT2D eigenvalue weighted by atomic mass is 9.87. The summed E-state index contributed by atoms with van der Waals surface area (Å²) in [6, 6.07) is 17.4. The SMILES string of the molecule is CCOC(=O)C1=Cc2ccccc2C1c1cccc(C#N)c1. The molecule has 1 aliphatic carbocycles. The van der Waals surface area contributed by atoms with E-state index in [2.05, 4.69) is 6.07 Å². The third-order valence-corrected chi connectivity index (χ3v) is 3.79. The van der Waals surface area contributed by atoms with Crippen LogP contribution in [0, 0.1) is 11.3 Å². The van der Waals surface area contributed by atoms with Gasteiger partial charge in [0.25, 0.3) is 0 Å². The lowest BCUT2D eigenvalue weighted by molar-refractivity contribution is -0.138. The lowest BCUT2D eigenvalue weighted by Gasteiger charge is -2.16. The molecule has 3 heteroatoms. The van der Waals surface area contributed by atoms with E-state index < -0.39 is 0 Å². The van der Waals surface area contributed by atoms with Crippen molar-refractivity contribution in [3.8, 4) is 6.07 Å². The summed E-state index contributed by atoms with van der Waals surface area (Å²) in [5.74, 6) is -0.477. The molecule has 3 nitrogen and oxygen atoms in total. The Balaban J connectivity index is 2.11. The molecule has 0 aromatic heterocycles. The maximum absolute atomic E-state index is 12.3. The van der Waals surface area contributed by atoms with Crippen molar-refractivity contribution in [2.75, 3.05) is 6.61 Å². The molecule has 0 saturated heterocycles. The molecule has 1 atom stereocenters. The van der Waals surface area contributed by atoms with Crippen LogP contribution in [0.1, 0.15) is 35.1 Å². The molecule has 0 saturated carbocycles. The van der Waals surface area contributed by atoms with E-state index in [9.17, 15) is 4.79 Å². The third kappa shape index (κ3) is 2.40. The van der Waals surface area contributed by atoms with Crippen LogP contribution in [0.4, 0.5) is 0 Å². The highest BCUT2D eigenvalue weighted by Gasteiger charge is 2.31. The van der Waals surface area contributed by atoms with Crippen LogP contribution in [0.3, 0.4) is 0 Å². The highest BCUT2D eigenvalue weighted by atomic mass is 16.5. The number of hydrogen-bond acceptors (Lipinski definition) is 3. The van der Waals surface area contributed by atoms with E-state index in [0.29, 0.717) is 17.7 Å². The Bertz CT molecular complexity index is 799. The van der Waals surface area contributed by atoms with Crippen LogP contribution in [0.5, 0.6) is 0 Å². The van der Waals surface area contributed by atoms with Gasteiger partial charge in [0, 0.05) is 11.5 Å². The monoisotopic (exact) mass is 289 g/mol. The van der Waals surface area contributed by atoms with E-state index in [-0.39, 0.29) is 11.9 Å². The van der Waals surface area contributed by atoms with Gasteiger partial charge in [-0.25, -0.2) is 4.79 Å². The standard InChI is InChI=1S/C19H15NO2/c1-2-22-19(21)17-11-14-7-3-4-9-16(14)18(17)15-8-5-6-13(10-15)12-20/h3-11,18H,2H2,1H3. The van der Waals surface area contributed by atoms with Crippen LogP contribution in [-0.4, -0.2) is 12.6 Å². The van der Waals surface area contributed by atoms with E-state index in [1.807, 2.05) is 48.5 Å². The summed E-state index contributed by atoms with van der Waals surface area (Å²) in [5.41, 5.74) is 4.24. The number of hydrogen-bond donors (Lipinski definition) is 0. The second kappa shape index (κ2) is 5.87. The summed E-state index contributed by atoms with van der Waals surface area (Å²) in [5, 5.41) is 9.10. The van der Waals surface area contributed by atoms with Gasteiger partial charge in [0.15, 0.2) is 0 Å². The van der Waals surface area contributed by atoms with E-state index in [1.165, 1.54) is 0 Å². The summed E-state index contributed by atoms with van der Waals surface area (Å²) < 4.78 is 5.19. The molecule has 2 aromatic carbocycles. The average Bonchev–Trinajstić information content (AvgIpc) is 2.94. The lowest BCUT2D eigenvalue weighted by Crippen LogP contribution is -2.13. The predicted molar refractivity (Wildman–Crippen MR) is 84.1 cm³/mol. The summed E-state index contributed by atoms with van der Waals surface area (Å²) >= 11 is 0. The van der Waals surface area contributed by atoms with Gasteiger partial charge in [-0.3, -0.25) is 0 Å². The molecule has 1 aliphatic rings. The average molecular weight is 289 g/mol. The number of esters is 1. The van der Waals surface area contributed by atoms with Crippen molar-refractivity contribution >= 4 is 12.0 Å². The first kappa shape index (κ1) is 14.1. The smallest absolute Gasteiger partial charge is 0.334 e. The minimum Gasteiger partial charge on any atom is -0.463 e. The van der Waals surface area contributed by atoms with E-state index >= 15 is 0 Å². The predicted octanol–water partition coefficient (Wildman–Crippen LogP) is 3.65. The number of rotatable bonds is 3. The molecule has 1 unspecified atom stereocenters. The van der Waals surface area contributed by atoms with Crippen molar-refractivity contribution in [1.29, 1.82) is 5.26 Å². The molecule has 0 fully saturated rings. The topological polar surface area (TPSA) is 50.1 Å². The molecule has 3 rings (SSSR count). The summed E-state index contributed by atoms with van der Waals surface area (Å²) in [4.78, 5) is 12.3. The Hall–Kier alpha value is -2.86. The van der Waals surface area contributed by atoms with Gasteiger partial charge in [0.2, 0.25) is 0 Å². The van der Waals surface area contributed by atoms with Gasteiger partial charge in [-0.15, -0.1) is 0 Å². The summed E-state index contributed by atoms with van der Waals surface area (Å²) in [6.07, 6.45) is 1.89. The Kier molecular flexibility index (Phi) is 3.76. The maximum atomic E-state index is 12.3. The third-order valence-electron chi connectivity index (χ3n) is 3.79. The number of fused-ring (bicyclic) bond motifs is 1. The Morgan fingerprint density at radius 3 is 2.82 bits per heavy atom. The zero-order valence-electron chi connectivity index (χ0n) is 12.2. The molecule has 0 spiro atoms. The summed E-state index contributed by atoms with van der Waals surface area (Å²) in [6.45, 7) is 2.14. The fourth-order valence-corrected chi connectivity index (χ4v) is 2.86. The van der Waals surface area contributed by atoms with Crippen molar-refractivity contribution in [3.63, 3.8) is 0 Å². The van der Waals surface area contributed by atoms with Crippen LogP contribution in [0.25, 0.3) is 6.08 Å². The highest BCUT2D eigenvalue weighted by Crippen LogP contribution is 2.41. The van der Waals surface area contributed by atoms with Gasteiger partial charge in [0.1, 0.15) is 0 Å². The number of nitrogens with zero attached hydrogens (tertiary/aromatic N) is 1. The molecule has 108 valence electrons. The van der Waals surface area contributed by atoms with Gasteiger partial charge < -0.3 is 4.74 Å². The van der Waals surface area contributed by atoms with Crippen LogP contribution >= 0.6 is 0 Å². The van der Waals surface area contributed by atoms with Crippen LogP contribution in [-0.2, 0) is 9.53 Å². The zero-order valence-corrected chi connectivity index (χ0v) is 12.2. The molecule has 0 amide bonds. The number of benzene rings is 2. The molecule has 2 aromatic rings. The second-order valence-corrected chi connectivity index (χ2v) is 5.12. The van der Waals surface area contributed by atoms with Gasteiger partial charge in [0.05, 0.1) is 18.2 Å². The summed E-state index contributed by atoms with van der Waals surface area (Å²) in [7, 11) is 0. The minimum atomic E-state index is -0.300. The largest absolute Gasteiger partial charge is 0.463 e. The van der Waals surface area contributed by atoms with Crippen molar-refractivity contribution in [1.82, 2.24) is 0 Å². The van der Waals surface area contributed by atoms with Gasteiger partial charge in [-0.2, -0.15) is 5.26 Å². The first-order valence-corrected chi connectivity index (χ1v) is 7.22. The molecule has 0 heterocycles. The zero-order chi connectivity index (χ0) is 15.5. The molecule has 0 radical (unpaired) electrons. The van der Waals surface area contributed by atoms with Crippen molar-refractivity contribution in [3.05, 3.63) is 76.4 Å². The number of carbonyl (C=O) groups excluding carboxylic acids is 1. The quantitative estimate of drug-likeness (QED) is 0.810. The Morgan fingerprint density at radius 2 is 2.05 bits per heavy atom. The molecule has 22 heavy (non-hydrogen) atoms. The van der Waals surface area contributed by atoms with E-state index in [4.69, 9.17) is 10.00 Å². The van der Waals surface area contributed by atoms with E-state index in [1.54, 1.807) is 13.0 Å². The van der Waals surface area contributed by atoms with Crippen molar-refractivity contribution < 1.29 is 9.53 Å². The van der Waals surface area contributed by atoms with E-state index in [0.717, 1.165) is 16.7 Å². The second-order valence-electron chi connectivity index (χ2n) is 5.12. The first-order valence-electron chi connectivity index (χ1n) is 7.22. The molecule has 0 bridgehead atoms. The fourth-order valence-electron chi connectivity index (χ4n) is 2.86. The fraction of sp³-hybridized carbons (Fsp3) is 0.158. The van der Waals surface area contributed by atoms with Crippen molar-refractivity contribution in [2.24, 2.45) is 0 Å². The molecule has 0 N–H and O–H groups in total. The highest BCUT2D eigenvalue weighted by molar-refractivity contribution is 5.99. The van der Waals surface area contributed by atoms with Crippen molar-refractivity contribution in [2.45, 2.75) is 12.8 Å². The van der Waals surface area contributed by atoms with Gasteiger partial charge >= 0.3 is 5.97 Å². The molecule has 0 aliphatic heterocycles. The number of nitriles is 1. The molecular weight excluding hydrogens is 274 g/mol. The number of ether oxygens (including phenoxy) is 1. The normalized spacial score (nSPS) is 15.6. The minimum absolute atomic E-state index is 0.177. The molecular formula is C19H15NO2. The van der Waals surface area contributed by atoms with Crippen LogP contribution in [0.2, 0.25) is 0 Å². The Labute approximate surface area is 129 Å². The first-order chi connectivity index (χ1) is 10.7. The van der Waals surface area contributed by atoms with Gasteiger partial charge in [-0.05, 0) is 41.8 Å². The van der Waals surface area contributed by atoms with Crippen LogP contribution < -0.4 is 0 Å². The number of carbonyl (C=O) groups is 1. The van der Waals surface area contributed by atoms with Gasteiger partial charge in [-0.1, -0.05) is 36.4 Å². The Morgan fingerprint density at radius 1 is 1.23 bits per heavy atom. The maximum Gasteiger partial charge on any atom is 0.334 e.